The van der Waals surface area contributed by atoms with Gasteiger partial charge >= 0.3 is 5.97 Å². The Bertz CT molecular complexity index is 1060. The average molecular weight is 470 g/mol. The molecule has 1 fully saturated rings. The number of carboxylic acids is 1. The van der Waals surface area contributed by atoms with Crippen molar-refractivity contribution >= 4 is 28.2 Å². The van der Waals surface area contributed by atoms with Crippen LogP contribution >= 0.6 is 11.3 Å². The third-order valence-corrected chi connectivity index (χ3v) is 7.50. The van der Waals surface area contributed by atoms with Gasteiger partial charge in [-0.25, -0.2) is 4.98 Å². The molecule has 0 amide bonds. The van der Waals surface area contributed by atoms with E-state index in [4.69, 9.17) is 4.74 Å². The third-order valence-electron chi connectivity index (χ3n) is 6.66. The van der Waals surface area contributed by atoms with Crippen LogP contribution in [0.25, 0.3) is 10.9 Å². The molecular formula is C25H31N3O4S. The largest absolute Gasteiger partial charge is 0.497 e. The van der Waals surface area contributed by atoms with Crippen molar-refractivity contribution in [3.8, 4) is 5.75 Å². The van der Waals surface area contributed by atoms with Crippen molar-refractivity contribution in [2.75, 3.05) is 26.7 Å². The highest BCUT2D eigenvalue weighted by Crippen LogP contribution is 2.33. The van der Waals surface area contributed by atoms with Gasteiger partial charge in [0.25, 0.3) is 0 Å². The number of carbonyl (C=O) groups is 1. The highest BCUT2D eigenvalue weighted by Gasteiger charge is 2.34. The summed E-state index contributed by atoms with van der Waals surface area (Å²) in [6.07, 6.45) is 6.82. The molecule has 176 valence electrons. The van der Waals surface area contributed by atoms with Crippen LogP contribution in [0.1, 0.15) is 42.4 Å². The summed E-state index contributed by atoms with van der Waals surface area (Å²) in [5.41, 5.74) is 1.62. The van der Waals surface area contributed by atoms with Crippen LogP contribution in [-0.4, -0.2) is 57.8 Å². The predicted octanol–water partition coefficient (Wildman–Crippen LogP) is 4.17. The van der Waals surface area contributed by atoms with Crippen LogP contribution in [0.4, 0.5) is 0 Å². The Morgan fingerprint density at radius 1 is 1.30 bits per heavy atom. The topological polar surface area (TPSA) is 95.8 Å². The monoisotopic (exact) mass is 469 g/mol. The first-order valence-electron chi connectivity index (χ1n) is 11.5. The Balaban J connectivity index is 1.34. The summed E-state index contributed by atoms with van der Waals surface area (Å²) in [5.74, 6) is -0.356. The number of hydrogen-bond donors (Lipinski definition) is 2. The minimum absolute atomic E-state index is 0.0648. The van der Waals surface area contributed by atoms with E-state index in [1.165, 1.54) is 0 Å². The highest BCUT2D eigenvalue weighted by molar-refractivity contribution is 7.09. The molecule has 0 bridgehead atoms. The second-order valence-electron chi connectivity index (χ2n) is 8.70. The van der Waals surface area contributed by atoms with E-state index >= 15 is 0 Å². The number of thiazole rings is 1. The van der Waals surface area contributed by atoms with Crippen molar-refractivity contribution in [2.45, 2.75) is 38.2 Å². The lowest BCUT2D eigenvalue weighted by molar-refractivity contribution is -0.146. The van der Waals surface area contributed by atoms with E-state index in [2.05, 4.69) is 14.9 Å². The van der Waals surface area contributed by atoms with Gasteiger partial charge in [0.1, 0.15) is 5.75 Å². The molecule has 2 N–H and O–H groups in total. The zero-order valence-electron chi connectivity index (χ0n) is 18.9. The molecule has 1 aromatic carbocycles. The number of pyridine rings is 1. The first kappa shape index (κ1) is 23.6. The van der Waals surface area contributed by atoms with Gasteiger partial charge in [0.05, 0.1) is 29.7 Å². The minimum Gasteiger partial charge on any atom is -0.497 e. The second-order valence-corrected chi connectivity index (χ2v) is 9.68. The minimum atomic E-state index is -0.738. The van der Waals surface area contributed by atoms with Gasteiger partial charge in [0, 0.05) is 36.1 Å². The molecule has 3 aromatic rings. The highest BCUT2D eigenvalue weighted by atomic mass is 32.1. The van der Waals surface area contributed by atoms with Gasteiger partial charge < -0.3 is 19.8 Å². The molecular weight excluding hydrogens is 438 g/mol. The number of hydrogen-bond acceptors (Lipinski definition) is 7. The zero-order chi connectivity index (χ0) is 23.2. The van der Waals surface area contributed by atoms with Crippen molar-refractivity contribution in [1.29, 1.82) is 0 Å². The van der Waals surface area contributed by atoms with Gasteiger partial charge in [0.2, 0.25) is 0 Å². The lowest BCUT2D eigenvalue weighted by Crippen LogP contribution is -2.44. The number of methoxy groups -OCH3 is 1. The molecule has 7 nitrogen and oxygen atoms in total. The number of aryl methyl sites for hydroxylation is 1. The van der Waals surface area contributed by atoms with Crippen molar-refractivity contribution in [1.82, 2.24) is 14.9 Å². The number of aliphatic hydroxyl groups excluding tert-OH is 1. The summed E-state index contributed by atoms with van der Waals surface area (Å²) < 4.78 is 5.33. The quantitative estimate of drug-likeness (QED) is 0.460. The number of likely N-dealkylation sites (tertiary alicyclic amines) is 1. The van der Waals surface area contributed by atoms with Crippen molar-refractivity contribution in [3.63, 3.8) is 0 Å². The molecule has 33 heavy (non-hydrogen) atoms. The van der Waals surface area contributed by atoms with Gasteiger partial charge in [0.15, 0.2) is 0 Å². The van der Waals surface area contributed by atoms with E-state index in [0.29, 0.717) is 19.4 Å². The smallest absolute Gasteiger partial charge is 0.308 e. The van der Waals surface area contributed by atoms with E-state index in [9.17, 15) is 15.0 Å². The maximum atomic E-state index is 12.0. The Labute approximate surface area is 198 Å². The molecule has 1 aliphatic heterocycles. The van der Waals surface area contributed by atoms with E-state index in [0.717, 1.165) is 59.6 Å². The normalized spacial score (nSPS) is 20.1. The van der Waals surface area contributed by atoms with E-state index in [-0.39, 0.29) is 5.92 Å². The number of aromatic nitrogens is 2. The summed E-state index contributed by atoms with van der Waals surface area (Å²) in [5, 5.41) is 24.8. The molecule has 4 rings (SSSR count). The fourth-order valence-electron chi connectivity index (χ4n) is 4.82. The van der Waals surface area contributed by atoms with E-state index in [1.807, 2.05) is 35.8 Å². The molecule has 3 heterocycles. The molecule has 3 atom stereocenters. The van der Waals surface area contributed by atoms with Gasteiger partial charge in [-0.15, -0.1) is 11.3 Å². The SMILES string of the molecule is COc1ccc2nccc(C(O)CC[C@@H]3CCN(CCCc4nccs4)C[C@@H]3C(=O)O)c2c1. The molecule has 1 saturated heterocycles. The van der Waals surface area contributed by atoms with E-state index in [1.54, 1.807) is 24.6 Å². The number of benzene rings is 1. The molecule has 0 saturated carbocycles. The number of aliphatic carboxylic acids is 1. The molecule has 2 aromatic heterocycles. The van der Waals surface area contributed by atoms with Crippen molar-refractivity contribution in [2.24, 2.45) is 11.8 Å². The Morgan fingerprint density at radius 3 is 2.94 bits per heavy atom. The van der Waals surface area contributed by atoms with Crippen LogP contribution in [0.3, 0.4) is 0 Å². The van der Waals surface area contributed by atoms with Crippen LogP contribution in [0, 0.1) is 11.8 Å². The first-order valence-corrected chi connectivity index (χ1v) is 12.4. The number of nitrogens with zero attached hydrogens (tertiary/aromatic N) is 3. The Morgan fingerprint density at radius 2 is 2.18 bits per heavy atom. The molecule has 1 aliphatic rings. The number of ether oxygens (including phenoxy) is 1. The fraction of sp³-hybridized carbons (Fsp3) is 0.480. The third kappa shape index (κ3) is 5.88. The average Bonchev–Trinajstić information content (AvgIpc) is 3.35. The number of piperidine rings is 1. The van der Waals surface area contributed by atoms with Crippen molar-refractivity contribution in [3.05, 3.63) is 52.6 Å². The molecule has 0 aliphatic carbocycles. The van der Waals surface area contributed by atoms with Crippen LogP contribution in [0.2, 0.25) is 0 Å². The summed E-state index contributed by atoms with van der Waals surface area (Å²) in [6, 6.07) is 7.47. The summed E-state index contributed by atoms with van der Waals surface area (Å²) in [4.78, 5) is 23.0. The standard InChI is InChI=1S/C25H31N3O4S/c1-32-18-5-6-22-20(15-18)19(8-10-26-22)23(29)7-4-17-9-13-28(16-21(17)25(30)31)12-2-3-24-27-11-14-33-24/h5-6,8,10-11,14-15,17,21,23,29H,2-4,7,9,12-13,16H2,1H3,(H,30,31)/t17-,21+,23?/m1/s1. The maximum absolute atomic E-state index is 12.0. The molecule has 8 heteroatoms. The lowest BCUT2D eigenvalue weighted by atomic mass is 9.81. The molecule has 1 unspecified atom stereocenters. The zero-order valence-corrected chi connectivity index (χ0v) is 19.7. The van der Waals surface area contributed by atoms with E-state index < -0.39 is 18.0 Å². The van der Waals surface area contributed by atoms with Crippen LogP contribution < -0.4 is 4.74 Å². The summed E-state index contributed by atoms with van der Waals surface area (Å²) >= 11 is 1.67. The fourth-order valence-corrected chi connectivity index (χ4v) is 5.48. The number of carboxylic acid groups (broad SMARTS) is 1. The first-order chi connectivity index (χ1) is 16.0. The number of aliphatic hydroxyl groups is 1. The van der Waals surface area contributed by atoms with Gasteiger partial charge in [-0.2, -0.15) is 0 Å². The van der Waals surface area contributed by atoms with Gasteiger partial charge in [-0.3, -0.25) is 9.78 Å². The van der Waals surface area contributed by atoms with Crippen LogP contribution in [0.15, 0.2) is 42.0 Å². The van der Waals surface area contributed by atoms with Gasteiger partial charge in [-0.05, 0) is 74.5 Å². The predicted molar refractivity (Wildman–Crippen MR) is 129 cm³/mol. The Kier molecular flexibility index (Phi) is 7.90. The molecule has 0 radical (unpaired) electrons. The molecule has 0 spiro atoms. The van der Waals surface area contributed by atoms with Crippen molar-refractivity contribution < 1.29 is 19.7 Å². The number of fused-ring (bicyclic) bond motifs is 1. The van der Waals surface area contributed by atoms with Crippen LogP contribution in [-0.2, 0) is 11.2 Å². The summed E-state index contributed by atoms with van der Waals surface area (Å²) in [7, 11) is 1.62. The van der Waals surface area contributed by atoms with Gasteiger partial charge in [-0.1, -0.05) is 0 Å². The maximum Gasteiger partial charge on any atom is 0.308 e. The van der Waals surface area contributed by atoms with Crippen LogP contribution in [0.5, 0.6) is 5.75 Å². The lowest BCUT2D eigenvalue weighted by Gasteiger charge is -2.37. The Hall–Kier alpha value is -2.55. The number of rotatable bonds is 10. The summed E-state index contributed by atoms with van der Waals surface area (Å²) in [6.45, 7) is 2.37. The second kappa shape index (κ2) is 11.0.